The Bertz CT molecular complexity index is 236. The van der Waals surface area contributed by atoms with Crippen molar-refractivity contribution in [2.24, 2.45) is 5.92 Å². The number of hydrogen-bond acceptors (Lipinski definition) is 2. The van der Waals surface area contributed by atoms with E-state index in [0.29, 0.717) is 6.04 Å². The smallest absolute Gasteiger partial charge is 0.0844 e. The fourth-order valence-electron chi connectivity index (χ4n) is 2.80. The molecular formula is C14H25NO. The molecule has 0 bridgehead atoms. The van der Waals surface area contributed by atoms with Gasteiger partial charge in [0.15, 0.2) is 0 Å². The number of rotatable bonds is 5. The van der Waals surface area contributed by atoms with E-state index >= 15 is 0 Å². The van der Waals surface area contributed by atoms with Gasteiger partial charge >= 0.3 is 0 Å². The molecule has 0 aromatic rings. The van der Waals surface area contributed by atoms with Crippen molar-refractivity contribution in [3.8, 4) is 12.3 Å². The normalized spacial score (nSPS) is 32.0. The Hall–Kier alpha value is -0.520. The maximum atomic E-state index is 6.07. The number of nitrogens with one attached hydrogen (secondary N) is 1. The molecule has 0 aromatic carbocycles. The van der Waals surface area contributed by atoms with Gasteiger partial charge in [-0.15, -0.1) is 12.3 Å². The van der Waals surface area contributed by atoms with E-state index in [-0.39, 0.29) is 5.60 Å². The summed E-state index contributed by atoms with van der Waals surface area (Å²) in [6.07, 6.45) is 11.0. The molecule has 0 spiro atoms. The summed E-state index contributed by atoms with van der Waals surface area (Å²) < 4.78 is 6.07. The first-order chi connectivity index (χ1) is 7.68. The molecule has 2 heteroatoms. The lowest BCUT2D eigenvalue weighted by Gasteiger charge is -2.44. The third-order valence-corrected chi connectivity index (χ3v) is 3.86. The third-order valence-electron chi connectivity index (χ3n) is 3.86. The fourth-order valence-corrected chi connectivity index (χ4v) is 2.80. The number of hydrogen-bond donors (Lipinski definition) is 1. The van der Waals surface area contributed by atoms with Gasteiger partial charge in [0.05, 0.1) is 5.60 Å². The van der Waals surface area contributed by atoms with Crippen LogP contribution in [0.1, 0.15) is 46.0 Å². The first-order valence-electron chi connectivity index (χ1n) is 6.43. The van der Waals surface area contributed by atoms with Gasteiger partial charge in [-0.05, 0) is 45.6 Å². The zero-order valence-electron chi connectivity index (χ0n) is 10.9. The Morgan fingerprint density at radius 3 is 2.56 bits per heavy atom. The Morgan fingerprint density at radius 1 is 1.50 bits per heavy atom. The van der Waals surface area contributed by atoms with Gasteiger partial charge < -0.3 is 10.1 Å². The molecule has 0 aliphatic heterocycles. The summed E-state index contributed by atoms with van der Waals surface area (Å²) in [7, 11) is 1.99. The van der Waals surface area contributed by atoms with Crippen LogP contribution in [-0.4, -0.2) is 25.3 Å². The van der Waals surface area contributed by atoms with Crippen LogP contribution in [0.2, 0.25) is 0 Å². The van der Waals surface area contributed by atoms with Crippen molar-refractivity contribution in [1.82, 2.24) is 5.32 Å². The lowest BCUT2D eigenvalue weighted by Crippen LogP contribution is -2.53. The summed E-state index contributed by atoms with van der Waals surface area (Å²) in [6.45, 7) is 5.17. The van der Waals surface area contributed by atoms with Gasteiger partial charge in [-0.1, -0.05) is 6.92 Å². The van der Waals surface area contributed by atoms with Crippen LogP contribution in [0.25, 0.3) is 0 Å². The third kappa shape index (κ3) is 2.99. The molecule has 1 unspecified atom stereocenters. The summed E-state index contributed by atoms with van der Waals surface area (Å²) in [4.78, 5) is 0. The van der Waals surface area contributed by atoms with Crippen LogP contribution in [0, 0.1) is 18.3 Å². The predicted octanol–water partition coefficient (Wildman–Crippen LogP) is 2.58. The molecule has 1 N–H and O–H groups in total. The summed E-state index contributed by atoms with van der Waals surface area (Å²) in [5.41, 5.74) is -0.0254. The summed E-state index contributed by atoms with van der Waals surface area (Å²) in [5.74, 6) is 3.60. The van der Waals surface area contributed by atoms with Gasteiger partial charge in [-0.3, -0.25) is 0 Å². The fraction of sp³-hybridized carbons (Fsp3) is 0.857. The van der Waals surface area contributed by atoms with Crippen molar-refractivity contribution in [1.29, 1.82) is 0 Å². The quantitative estimate of drug-likeness (QED) is 0.723. The SMILES string of the molecule is C#CCC(NC)C1(OCC)CCC(C)CC1. The minimum absolute atomic E-state index is 0.0254. The minimum atomic E-state index is -0.0254. The van der Waals surface area contributed by atoms with Crippen molar-refractivity contribution < 1.29 is 4.74 Å². The van der Waals surface area contributed by atoms with Crippen LogP contribution in [0.3, 0.4) is 0 Å². The van der Waals surface area contributed by atoms with Gasteiger partial charge in [0.1, 0.15) is 0 Å². The van der Waals surface area contributed by atoms with E-state index < -0.39 is 0 Å². The summed E-state index contributed by atoms with van der Waals surface area (Å²) in [5, 5.41) is 3.35. The van der Waals surface area contributed by atoms with E-state index in [2.05, 4.69) is 25.1 Å². The maximum absolute atomic E-state index is 6.07. The lowest BCUT2D eigenvalue weighted by atomic mass is 9.74. The second kappa shape index (κ2) is 6.27. The standard InChI is InChI=1S/C14H25NO/c1-5-7-13(15-4)14(16-6-2)10-8-12(3)9-11-14/h1,12-13,15H,6-11H2,2-4H3. The Labute approximate surface area is 100 Å². The molecule has 0 amide bonds. The van der Waals surface area contributed by atoms with E-state index in [0.717, 1.165) is 31.8 Å². The highest BCUT2D eigenvalue weighted by Crippen LogP contribution is 2.38. The van der Waals surface area contributed by atoms with E-state index in [1.807, 2.05) is 7.05 Å². The van der Waals surface area contributed by atoms with Gasteiger partial charge in [0, 0.05) is 19.1 Å². The molecule has 0 radical (unpaired) electrons. The first kappa shape index (κ1) is 13.5. The molecule has 16 heavy (non-hydrogen) atoms. The minimum Gasteiger partial charge on any atom is -0.374 e. The Kier molecular flexibility index (Phi) is 5.31. The Morgan fingerprint density at radius 2 is 2.12 bits per heavy atom. The van der Waals surface area contributed by atoms with Crippen LogP contribution < -0.4 is 5.32 Å². The van der Waals surface area contributed by atoms with E-state index in [4.69, 9.17) is 11.2 Å². The van der Waals surface area contributed by atoms with Crippen molar-refractivity contribution in [3.05, 3.63) is 0 Å². The number of terminal acetylenes is 1. The van der Waals surface area contributed by atoms with Crippen LogP contribution in [-0.2, 0) is 4.74 Å². The molecule has 92 valence electrons. The largest absolute Gasteiger partial charge is 0.374 e. The van der Waals surface area contributed by atoms with E-state index in [1.165, 1.54) is 12.8 Å². The molecule has 1 aliphatic carbocycles. The molecular weight excluding hydrogens is 198 g/mol. The summed E-state index contributed by atoms with van der Waals surface area (Å²) in [6, 6.07) is 0.296. The predicted molar refractivity (Wildman–Crippen MR) is 68.3 cm³/mol. The van der Waals surface area contributed by atoms with Crippen molar-refractivity contribution in [2.45, 2.75) is 57.6 Å². The molecule has 2 nitrogen and oxygen atoms in total. The van der Waals surface area contributed by atoms with Gasteiger partial charge in [-0.25, -0.2) is 0 Å². The Balaban J connectivity index is 2.74. The molecule has 0 saturated heterocycles. The lowest BCUT2D eigenvalue weighted by molar-refractivity contribution is -0.0938. The van der Waals surface area contributed by atoms with Gasteiger partial charge in [-0.2, -0.15) is 0 Å². The van der Waals surface area contributed by atoms with Crippen molar-refractivity contribution in [3.63, 3.8) is 0 Å². The van der Waals surface area contributed by atoms with Crippen LogP contribution in [0.5, 0.6) is 0 Å². The zero-order valence-corrected chi connectivity index (χ0v) is 10.9. The average Bonchev–Trinajstić information content (AvgIpc) is 2.30. The van der Waals surface area contributed by atoms with Crippen LogP contribution in [0.15, 0.2) is 0 Å². The monoisotopic (exact) mass is 223 g/mol. The zero-order chi connectivity index (χ0) is 12.0. The van der Waals surface area contributed by atoms with E-state index in [1.54, 1.807) is 0 Å². The molecule has 0 heterocycles. The topological polar surface area (TPSA) is 21.3 Å². The highest BCUT2D eigenvalue weighted by molar-refractivity contribution is 5.02. The molecule has 1 atom stereocenters. The molecule has 1 rings (SSSR count). The number of ether oxygens (including phenoxy) is 1. The van der Waals surface area contributed by atoms with E-state index in [9.17, 15) is 0 Å². The van der Waals surface area contributed by atoms with Crippen molar-refractivity contribution >= 4 is 0 Å². The van der Waals surface area contributed by atoms with Gasteiger partial charge in [0.2, 0.25) is 0 Å². The summed E-state index contributed by atoms with van der Waals surface area (Å²) >= 11 is 0. The second-order valence-corrected chi connectivity index (χ2v) is 4.93. The van der Waals surface area contributed by atoms with Crippen LogP contribution in [0.4, 0.5) is 0 Å². The first-order valence-corrected chi connectivity index (χ1v) is 6.43. The molecule has 1 fully saturated rings. The molecule has 1 aliphatic rings. The maximum Gasteiger partial charge on any atom is 0.0844 e. The number of likely N-dealkylation sites (N-methyl/N-ethyl adjacent to an activating group) is 1. The highest BCUT2D eigenvalue weighted by atomic mass is 16.5. The highest BCUT2D eigenvalue weighted by Gasteiger charge is 2.40. The van der Waals surface area contributed by atoms with Crippen LogP contribution >= 0.6 is 0 Å². The molecule has 0 aromatic heterocycles. The second-order valence-electron chi connectivity index (χ2n) is 4.93. The van der Waals surface area contributed by atoms with Crippen molar-refractivity contribution in [2.75, 3.05) is 13.7 Å². The average molecular weight is 223 g/mol. The molecule has 1 saturated carbocycles. The van der Waals surface area contributed by atoms with Gasteiger partial charge in [0.25, 0.3) is 0 Å².